The van der Waals surface area contributed by atoms with Gasteiger partial charge < -0.3 is 4.57 Å². The third-order valence-electron chi connectivity index (χ3n) is 2.71. The molecule has 0 radical (unpaired) electrons. The van der Waals surface area contributed by atoms with Gasteiger partial charge in [0.15, 0.2) is 5.78 Å². The molecule has 0 spiro atoms. The van der Waals surface area contributed by atoms with Gasteiger partial charge in [-0.05, 0) is 12.5 Å². The lowest BCUT2D eigenvalue weighted by Gasteiger charge is -2.03. The molecule has 1 rings (SSSR count). The minimum Gasteiger partial charge on any atom is -0.353 e. The van der Waals surface area contributed by atoms with Gasteiger partial charge in [-0.15, -0.1) is 0 Å². The Morgan fingerprint density at radius 2 is 2.06 bits per heavy atom. The summed E-state index contributed by atoms with van der Waals surface area (Å²) in [6.45, 7) is 4.12. The zero-order valence-electron chi connectivity index (χ0n) is 10.3. The predicted octanol–water partition coefficient (Wildman–Crippen LogP) is 1.91. The molecule has 0 aliphatic carbocycles. The van der Waals surface area contributed by atoms with Crippen molar-refractivity contribution in [3.63, 3.8) is 0 Å². The molecule has 0 bridgehead atoms. The molecule has 0 aromatic carbocycles. The van der Waals surface area contributed by atoms with Gasteiger partial charge >= 0.3 is 0 Å². The van der Waals surface area contributed by atoms with Crippen LogP contribution in [0.1, 0.15) is 37.0 Å². The monoisotopic (exact) mass is 257 g/mol. The van der Waals surface area contributed by atoms with E-state index in [0.717, 1.165) is 0 Å². The van der Waals surface area contributed by atoms with Crippen LogP contribution in [-0.4, -0.2) is 30.3 Å². The molecule has 0 amide bonds. The first kappa shape index (κ1) is 14.0. The van der Waals surface area contributed by atoms with Crippen LogP contribution < -0.4 is 0 Å². The van der Waals surface area contributed by atoms with Gasteiger partial charge in [-0.3, -0.25) is 4.79 Å². The number of sulfone groups is 1. The number of carbonyl (C=O) groups excluding carboxylic acids is 1. The summed E-state index contributed by atoms with van der Waals surface area (Å²) in [5.41, 5.74) is 0.700. The molecule has 0 unspecified atom stereocenters. The maximum Gasteiger partial charge on any atom is 0.164 e. The van der Waals surface area contributed by atoms with Gasteiger partial charge in [-0.2, -0.15) is 0 Å². The first-order valence-electron chi connectivity index (χ1n) is 5.88. The molecule has 96 valence electrons. The Balaban J connectivity index is 2.48. The van der Waals surface area contributed by atoms with Crippen LogP contribution in [0.5, 0.6) is 0 Å². The molecule has 17 heavy (non-hydrogen) atoms. The number of ketones is 1. The van der Waals surface area contributed by atoms with E-state index in [9.17, 15) is 13.2 Å². The number of aromatic nitrogens is 1. The van der Waals surface area contributed by atoms with Crippen molar-refractivity contribution >= 4 is 15.6 Å². The van der Waals surface area contributed by atoms with E-state index in [1.54, 1.807) is 19.2 Å². The van der Waals surface area contributed by atoms with Crippen molar-refractivity contribution in [3.05, 3.63) is 24.0 Å². The molecule has 0 N–H and O–H groups in total. The molecule has 0 saturated carbocycles. The van der Waals surface area contributed by atoms with Gasteiger partial charge in [0.05, 0.1) is 5.75 Å². The van der Waals surface area contributed by atoms with E-state index >= 15 is 0 Å². The number of hydrogen-bond acceptors (Lipinski definition) is 3. The molecule has 1 heterocycles. The second-order valence-electron chi connectivity index (χ2n) is 4.00. The molecule has 4 nitrogen and oxygen atoms in total. The lowest BCUT2D eigenvalue weighted by Crippen LogP contribution is -2.10. The minimum atomic E-state index is -2.88. The van der Waals surface area contributed by atoms with Crippen molar-refractivity contribution in [2.45, 2.75) is 33.2 Å². The normalized spacial score (nSPS) is 11.6. The number of rotatable bonds is 7. The number of Topliss-reactive ketones (excluding diaryl/α,β-unsaturated/α-hetero) is 1. The average Bonchev–Trinajstić information content (AvgIpc) is 2.76. The third kappa shape index (κ3) is 4.34. The fourth-order valence-corrected chi connectivity index (χ4v) is 2.42. The van der Waals surface area contributed by atoms with Crippen LogP contribution in [0.15, 0.2) is 18.5 Å². The van der Waals surface area contributed by atoms with Gasteiger partial charge in [0.25, 0.3) is 0 Å². The van der Waals surface area contributed by atoms with Gasteiger partial charge in [-0.25, -0.2) is 8.42 Å². The van der Waals surface area contributed by atoms with Gasteiger partial charge in [-0.1, -0.05) is 13.8 Å². The van der Waals surface area contributed by atoms with E-state index in [1.165, 1.54) is 0 Å². The van der Waals surface area contributed by atoms with E-state index in [-0.39, 0.29) is 17.3 Å². The first-order chi connectivity index (χ1) is 7.98. The molecular weight excluding hydrogens is 238 g/mol. The van der Waals surface area contributed by atoms with Crippen LogP contribution >= 0.6 is 0 Å². The summed E-state index contributed by atoms with van der Waals surface area (Å²) >= 11 is 0. The second-order valence-corrected chi connectivity index (χ2v) is 6.48. The number of nitrogens with zero attached hydrogens (tertiary/aromatic N) is 1. The minimum absolute atomic E-state index is 0.116. The molecule has 5 heteroatoms. The lowest BCUT2D eigenvalue weighted by atomic mass is 10.2. The fraction of sp³-hybridized carbons (Fsp3) is 0.583. The smallest absolute Gasteiger partial charge is 0.164 e. The molecule has 1 aromatic heterocycles. The number of carbonyl (C=O) groups is 1. The highest BCUT2D eigenvalue weighted by Crippen LogP contribution is 2.06. The van der Waals surface area contributed by atoms with Crippen molar-refractivity contribution in [2.75, 3.05) is 11.5 Å². The third-order valence-corrected chi connectivity index (χ3v) is 4.50. The maximum absolute atomic E-state index is 11.4. The molecule has 1 aromatic rings. The van der Waals surface area contributed by atoms with Crippen LogP contribution in [0.3, 0.4) is 0 Å². The molecule has 0 aliphatic heterocycles. The summed E-state index contributed by atoms with van der Waals surface area (Å²) in [4.78, 5) is 11.4. The first-order valence-corrected chi connectivity index (χ1v) is 7.70. The summed E-state index contributed by atoms with van der Waals surface area (Å²) in [5, 5.41) is 0. The van der Waals surface area contributed by atoms with Crippen LogP contribution in [0, 0.1) is 0 Å². The van der Waals surface area contributed by atoms with Crippen molar-refractivity contribution in [1.82, 2.24) is 4.57 Å². The number of aryl methyl sites for hydroxylation is 1. The van der Waals surface area contributed by atoms with Crippen molar-refractivity contribution < 1.29 is 13.2 Å². The summed E-state index contributed by atoms with van der Waals surface area (Å²) in [7, 11) is -2.88. The standard InChI is InChI=1S/C12H19NO3S/c1-3-12(14)11-6-8-13(10-11)7-5-9-17(15,16)4-2/h6,8,10H,3-5,7,9H2,1-2H3. The van der Waals surface area contributed by atoms with E-state index < -0.39 is 9.84 Å². The molecule has 0 fully saturated rings. The Kier molecular flexibility index (Phi) is 4.93. The summed E-state index contributed by atoms with van der Waals surface area (Å²) in [6.07, 6.45) is 4.69. The van der Waals surface area contributed by atoms with Crippen LogP contribution in [0.2, 0.25) is 0 Å². The van der Waals surface area contributed by atoms with Crippen molar-refractivity contribution in [3.8, 4) is 0 Å². The molecule has 0 saturated heterocycles. The van der Waals surface area contributed by atoms with Crippen LogP contribution in [0.25, 0.3) is 0 Å². The quantitative estimate of drug-likeness (QED) is 0.701. The Morgan fingerprint density at radius 3 is 2.65 bits per heavy atom. The summed E-state index contributed by atoms with van der Waals surface area (Å²) in [6, 6.07) is 1.78. The Morgan fingerprint density at radius 1 is 1.35 bits per heavy atom. The Labute approximate surface area is 103 Å². The van der Waals surface area contributed by atoms with Crippen molar-refractivity contribution in [1.29, 1.82) is 0 Å². The van der Waals surface area contributed by atoms with Gasteiger partial charge in [0.2, 0.25) is 0 Å². The largest absolute Gasteiger partial charge is 0.353 e. The van der Waals surface area contributed by atoms with Crippen LogP contribution in [0.4, 0.5) is 0 Å². The van der Waals surface area contributed by atoms with Gasteiger partial charge in [0.1, 0.15) is 9.84 Å². The molecule has 0 aliphatic rings. The highest BCUT2D eigenvalue weighted by atomic mass is 32.2. The fourth-order valence-electron chi connectivity index (χ4n) is 1.56. The highest BCUT2D eigenvalue weighted by molar-refractivity contribution is 7.91. The average molecular weight is 257 g/mol. The van der Waals surface area contributed by atoms with E-state index in [2.05, 4.69) is 0 Å². The molecular formula is C12H19NO3S. The second kappa shape index (κ2) is 6.00. The topological polar surface area (TPSA) is 56.1 Å². The van der Waals surface area contributed by atoms with Crippen LogP contribution in [-0.2, 0) is 16.4 Å². The Hall–Kier alpha value is -1.10. The van der Waals surface area contributed by atoms with E-state index in [4.69, 9.17) is 0 Å². The maximum atomic E-state index is 11.4. The lowest BCUT2D eigenvalue weighted by molar-refractivity contribution is 0.0988. The Bertz CT molecular complexity index is 474. The number of hydrogen-bond donors (Lipinski definition) is 0. The zero-order chi connectivity index (χ0) is 12.9. The summed E-state index contributed by atoms with van der Waals surface area (Å²) < 4.78 is 24.4. The van der Waals surface area contributed by atoms with E-state index in [0.29, 0.717) is 24.9 Å². The predicted molar refractivity (Wildman–Crippen MR) is 68.0 cm³/mol. The van der Waals surface area contributed by atoms with E-state index in [1.807, 2.05) is 17.7 Å². The molecule has 0 atom stereocenters. The highest BCUT2D eigenvalue weighted by Gasteiger charge is 2.08. The SMILES string of the molecule is CCC(=O)c1ccn(CCCS(=O)(=O)CC)c1. The summed E-state index contributed by atoms with van der Waals surface area (Å²) in [5.74, 6) is 0.515. The van der Waals surface area contributed by atoms with Gasteiger partial charge in [0, 0.05) is 36.7 Å². The van der Waals surface area contributed by atoms with Crippen molar-refractivity contribution in [2.24, 2.45) is 0 Å². The zero-order valence-corrected chi connectivity index (χ0v) is 11.2.